The van der Waals surface area contributed by atoms with E-state index in [9.17, 15) is 4.79 Å². The number of nitrogens with one attached hydrogen (secondary N) is 1. The van der Waals surface area contributed by atoms with Gasteiger partial charge in [-0.2, -0.15) is 0 Å². The fourth-order valence-electron chi connectivity index (χ4n) is 3.00. The van der Waals surface area contributed by atoms with Crippen LogP contribution < -0.4 is 5.32 Å². The predicted octanol–water partition coefficient (Wildman–Crippen LogP) is 1.60. The molecule has 2 aliphatic rings. The van der Waals surface area contributed by atoms with Crippen LogP contribution in [0.3, 0.4) is 0 Å². The lowest BCUT2D eigenvalue weighted by Gasteiger charge is -2.25. The zero-order chi connectivity index (χ0) is 13.3. The molecule has 18 heavy (non-hydrogen) atoms. The van der Waals surface area contributed by atoms with Gasteiger partial charge in [0.05, 0.1) is 18.3 Å². The summed E-state index contributed by atoms with van der Waals surface area (Å²) in [4.78, 5) is 14.4. The zero-order valence-electron chi connectivity index (χ0n) is 12.0. The first-order valence-corrected chi connectivity index (χ1v) is 7.17. The molecule has 2 fully saturated rings. The van der Waals surface area contributed by atoms with Gasteiger partial charge in [0.2, 0.25) is 5.91 Å². The second kappa shape index (κ2) is 5.57. The molecule has 2 rings (SSSR count). The van der Waals surface area contributed by atoms with E-state index in [0.717, 1.165) is 26.0 Å². The SMILES string of the molecule is CC(C)CC1NC(C)N(CC2CCOC2C)C1=O. The molecule has 1 N–H and O–H groups in total. The average Bonchev–Trinajstić information content (AvgIpc) is 2.78. The van der Waals surface area contributed by atoms with Crippen LogP contribution in [0, 0.1) is 11.8 Å². The Morgan fingerprint density at radius 3 is 2.72 bits per heavy atom. The van der Waals surface area contributed by atoms with Crippen LogP contribution in [-0.4, -0.2) is 42.3 Å². The third-order valence-corrected chi connectivity index (χ3v) is 4.16. The first-order chi connectivity index (χ1) is 8.49. The molecule has 4 nitrogen and oxygen atoms in total. The van der Waals surface area contributed by atoms with Crippen molar-refractivity contribution in [3.63, 3.8) is 0 Å². The molecule has 0 saturated carbocycles. The molecule has 4 atom stereocenters. The molecule has 0 bridgehead atoms. The highest BCUT2D eigenvalue weighted by Gasteiger charge is 2.39. The third kappa shape index (κ3) is 2.86. The summed E-state index contributed by atoms with van der Waals surface area (Å²) in [5.41, 5.74) is 0. The van der Waals surface area contributed by atoms with Gasteiger partial charge in [-0.1, -0.05) is 13.8 Å². The van der Waals surface area contributed by atoms with E-state index < -0.39 is 0 Å². The van der Waals surface area contributed by atoms with E-state index in [1.165, 1.54) is 0 Å². The summed E-state index contributed by atoms with van der Waals surface area (Å²) in [6, 6.07) is 0.0117. The van der Waals surface area contributed by atoms with E-state index in [4.69, 9.17) is 4.74 Å². The lowest BCUT2D eigenvalue weighted by Crippen LogP contribution is -2.39. The van der Waals surface area contributed by atoms with Gasteiger partial charge in [-0.15, -0.1) is 0 Å². The number of nitrogens with zero attached hydrogens (tertiary/aromatic N) is 1. The fraction of sp³-hybridized carbons (Fsp3) is 0.929. The smallest absolute Gasteiger partial charge is 0.241 e. The van der Waals surface area contributed by atoms with Crippen molar-refractivity contribution < 1.29 is 9.53 Å². The lowest BCUT2D eigenvalue weighted by atomic mass is 10.0. The maximum atomic E-state index is 12.4. The van der Waals surface area contributed by atoms with Crippen molar-refractivity contribution in [1.82, 2.24) is 10.2 Å². The van der Waals surface area contributed by atoms with Gasteiger partial charge in [0.15, 0.2) is 0 Å². The minimum atomic E-state index is 0.0117. The van der Waals surface area contributed by atoms with Crippen molar-refractivity contribution in [3.05, 3.63) is 0 Å². The highest BCUT2D eigenvalue weighted by Crippen LogP contribution is 2.25. The number of ether oxygens (including phenoxy) is 1. The summed E-state index contributed by atoms with van der Waals surface area (Å²) in [6.45, 7) is 10.2. The number of hydrogen-bond acceptors (Lipinski definition) is 3. The number of rotatable bonds is 4. The van der Waals surface area contributed by atoms with Crippen LogP contribution in [0.15, 0.2) is 0 Å². The number of carbonyl (C=O) groups is 1. The molecule has 0 aromatic heterocycles. The van der Waals surface area contributed by atoms with Crippen LogP contribution in [0.2, 0.25) is 0 Å². The van der Waals surface area contributed by atoms with Gasteiger partial charge in [-0.25, -0.2) is 0 Å². The van der Waals surface area contributed by atoms with Gasteiger partial charge < -0.3 is 9.64 Å². The van der Waals surface area contributed by atoms with Gasteiger partial charge in [-0.3, -0.25) is 10.1 Å². The molecule has 2 heterocycles. The van der Waals surface area contributed by atoms with Gasteiger partial charge >= 0.3 is 0 Å². The van der Waals surface area contributed by atoms with Crippen molar-refractivity contribution in [2.24, 2.45) is 11.8 Å². The molecule has 2 saturated heterocycles. The first-order valence-electron chi connectivity index (χ1n) is 7.17. The Labute approximate surface area is 110 Å². The Bertz CT molecular complexity index is 306. The Morgan fingerprint density at radius 2 is 2.17 bits per heavy atom. The molecule has 0 aromatic rings. The number of hydrogen-bond donors (Lipinski definition) is 1. The molecule has 104 valence electrons. The molecule has 0 radical (unpaired) electrons. The van der Waals surface area contributed by atoms with Crippen molar-refractivity contribution >= 4 is 5.91 Å². The second-order valence-corrected chi connectivity index (χ2v) is 6.14. The first kappa shape index (κ1) is 13.8. The summed E-state index contributed by atoms with van der Waals surface area (Å²) in [6.07, 6.45) is 2.45. The summed E-state index contributed by atoms with van der Waals surface area (Å²) in [7, 11) is 0. The summed E-state index contributed by atoms with van der Waals surface area (Å²) >= 11 is 0. The van der Waals surface area contributed by atoms with Crippen molar-refractivity contribution in [2.75, 3.05) is 13.2 Å². The highest BCUT2D eigenvalue weighted by atomic mass is 16.5. The van der Waals surface area contributed by atoms with Gasteiger partial charge in [0.1, 0.15) is 0 Å². The Kier molecular flexibility index (Phi) is 4.28. The second-order valence-electron chi connectivity index (χ2n) is 6.14. The maximum absolute atomic E-state index is 12.4. The van der Waals surface area contributed by atoms with Crippen molar-refractivity contribution in [3.8, 4) is 0 Å². The molecule has 0 aromatic carbocycles. The van der Waals surface area contributed by atoms with Crippen molar-refractivity contribution in [1.29, 1.82) is 0 Å². The molecule has 4 unspecified atom stereocenters. The third-order valence-electron chi connectivity index (χ3n) is 4.16. The lowest BCUT2D eigenvalue weighted by molar-refractivity contribution is -0.130. The quantitative estimate of drug-likeness (QED) is 0.828. The van der Waals surface area contributed by atoms with Crippen LogP contribution in [0.1, 0.15) is 40.5 Å². The monoisotopic (exact) mass is 254 g/mol. The molecular formula is C14H26N2O2. The zero-order valence-corrected chi connectivity index (χ0v) is 12.0. The maximum Gasteiger partial charge on any atom is 0.241 e. The van der Waals surface area contributed by atoms with Crippen LogP contribution in [0.5, 0.6) is 0 Å². The van der Waals surface area contributed by atoms with E-state index in [2.05, 4.69) is 33.0 Å². The topological polar surface area (TPSA) is 41.6 Å². The summed E-state index contributed by atoms with van der Waals surface area (Å²) in [5.74, 6) is 1.32. The predicted molar refractivity (Wildman–Crippen MR) is 71.1 cm³/mol. The fourth-order valence-corrected chi connectivity index (χ4v) is 3.00. The standard InChI is InChI=1S/C14H26N2O2/c1-9(2)7-13-14(17)16(11(4)15-13)8-12-5-6-18-10(12)3/h9-13,15H,5-8H2,1-4H3. The summed E-state index contributed by atoms with van der Waals surface area (Å²) in [5, 5.41) is 3.41. The van der Waals surface area contributed by atoms with Crippen LogP contribution >= 0.6 is 0 Å². The Hall–Kier alpha value is -0.610. The van der Waals surface area contributed by atoms with Gasteiger partial charge in [0, 0.05) is 19.1 Å². The Morgan fingerprint density at radius 1 is 1.44 bits per heavy atom. The molecular weight excluding hydrogens is 228 g/mol. The largest absolute Gasteiger partial charge is 0.378 e. The molecule has 0 spiro atoms. The highest BCUT2D eigenvalue weighted by molar-refractivity contribution is 5.84. The van der Waals surface area contributed by atoms with E-state index in [1.54, 1.807) is 0 Å². The van der Waals surface area contributed by atoms with E-state index in [-0.39, 0.29) is 24.2 Å². The minimum absolute atomic E-state index is 0.0117. The summed E-state index contributed by atoms with van der Waals surface area (Å²) < 4.78 is 5.58. The van der Waals surface area contributed by atoms with Crippen LogP contribution in [0.4, 0.5) is 0 Å². The normalized spacial score (nSPS) is 36.9. The van der Waals surface area contributed by atoms with Gasteiger partial charge in [0.25, 0.3) is 0 Å². The van der Waals surface area contributed by atoms with E-state index in [0.29, 0.717) is 11.8 Å². The van der Waals surface area contributed by atoms with Crippen molar-refractivity contribution in [2.45, 2.75) is 58.8 Å². The molecule has 2 aliphatic heterocycles. The van der Waals surface area contributed by atoms with Gasteiger partial charge in [-0.05, 0) is 32.6 Å². The average molecular weight is 254 g/mol. The number of carbonyl (C=O) groups excluding carboxylic acids is 1. The van der Waals surface area contributed by atoms with Crippen LogP contribution in [0.25, 0.3) is 0 Å². The molecule has 4 heteroatoms. The number of amides is 1. The Balaban J connectivity index is 1.94. The molecule has 0 aliphatic carbocycles. The van der Waals surface area contributed by atoms with Crippen LogP contribution in [-0.2, 0) is 9.53 Å². The molecule has 1 amide bonds. The van der Waals surface area contributed by atoms with E-state index >= 15 is 0 Å². The van der Waals surface area contributed by atoms with E-state index in [1.807, 2.05) is 4.90 Å². The minimum Gasteiger partial charge on any atom is -0.378 e.